The van der Waals surface area contributed by atoms with Gasteiger partial charge in [0.1, 0.15) is 5.82 Å². The fraction of sp³-hybridized carbons (Fsp3) is 0.227. The lowest BCUT2D eigenvalue weighted by Gasteiger charge is -2.32. The summed E-state index contributed by atoms with van der Waals surface area (Å²) in [5.41, 5.74) is 4.71. The first-order chi connectivity index (χ1) is 13.8. The van der Waals surface area contributed by atoms with Crippen LogP contribution in [0.1, 0.15) is 34.9 Å². The molecular formula is C22H21N5O. The van der Waals surface area contributed by atoms with Gasteiger partial charge in [-0.25, -0.2) is 4.98 Å². The normalized spacial score (nSPS) is 17.1. The molecular weight excluding hydrogens is 350 g/mol. The maximum absolute atomic E-state index is 13.1. The number of nitrogens with zero attached hydrogens (tertiary/aromatic N) is 3. The first-order valence-electron chi connectivity index (χ1n) is 9.61. The Labute approximate surface area is 162 Å². The molecule has 1 amide bonds. The van der Waals surface area contributed by atoms with Gasteiger partial charge in [0.05, 0.1) is 17.2 Å². The maximum atomic E-state index is 13.1. The Morgan fingerprint density at radius 2 is 2.04 bits per heavy atom. The Balaban J connectivity index is 1.37. The van der Waals surface area contributed by atoms with Crippen LogP contribution in [0.3, 0.4) is 0 Å². The molecule has 1 atom stereocenters. The minimum absolute atomic E-state index is 0.0751. The van der Waals surface area contributed by atoms with E-state index >= 15 is 0 Å². The molecule has 0 radical (unpaired) electrons. The number of aromatic amines is 2. The summed E-state index contributed by atoms with van der Waals surface area (Å²) in [6.45, 7) is 1.47. The molecule has 5 rings (SSSR count). The Bertz CT molecular complexity index is 1080. The molecule has 3 heterocycles. The molecule has 1 aliphatic rings. The number of aromatic nitrogens is 4. The average molecular weight is 371 g/mol. The van der Waals surface area contributed by atoms with Crippen molar-refractivity contribution in [3.63, 3.8) is 0 Å². The number of amides is 1. The SMILES string of the molecule is O=C(c1cccc(-c2cn[nH]c2)c1)N1CCCC(c2nc3ccccc3[nH]2)C1. The van der Waals surface area contributed by atoms with Crippen molar-refractivity contribution in [3.8, 4) is 11.1 Å². The molecule has 1 fully saturated rings. The quantitative estimate of drug-likeness (QED) is 0.572. The molecule has 6 heteroatoms. The lowest BCUT2D eigenvalue weighted by molar-refractivity contribution is 0.0705. The number of carbonyl (C=O) groups is 1. The Morgan fingerprint density at radius 1 is 1.11 bits per heavy atom. The summed E-state index contributed by atoms with van der Waals surface area (Å²) in [5.74, 6) is 1.29. The van der Waals surface area contributed by atoms with E-state index in [0.29, 0.717) is 12.1 Å². The Kier molecular flexibility index (Phi) is 4.16. The molecule has 6 nitrogen and oxygen atoms in total. The van der Waals surface area contributed by atoms with Crippen molar-refractivity contribution in [1.29, 1.82) is 0 Å². The van der Waals surface area contributed by atoms with Gasteiger partial charge in [0.2, 0.25) is 0 Å². The molecule has 28 heavy (non-hydrogen) atoms. The van der Waals surface area contributed by atoms with Crippen molar-refractivity contribution in [2.24, 2.45) is 0 Å². The number of likely N-dealkylation sites (tertiary alicyclic amines) is 1. The van der Waals surface area contributed by atoms with E-state index in [0.717, 1.165) is 47.4 Å². The van der Waals surface area contributed by atoms with Gasteiger partial charge < -0.3 is 9.88 Å². The molecule has 0 bridgehead atoms. The fourth-order valence-electron chi connectivity index (χ4n) is 3.97. The summed E-state index contributed by atoms with van der Waals surface area (Å²) in [6, 6.07) is 15.8. The molecule has 0 spiro atoms. The van der Waals surface area contributed by atoms with Crippen LogP contribution in [0.4, 0.5) is 0 Å². The summed E-state index contributed by atoms with van der Waals surface area (Å²) >= 11 is 0. The zero-order valence-electron chi connectivity index (χ0n) is 15.4. The molecule has 140 valence electrons. The smallest absolute Gasteiger partial charge is 0.253 e. The molecule has 2 N–H and O–H groups in total. The van der Waals surface area contributed by atoms with Crippen LogP contribution in [0.25, 0.3) is 22.2 Å². The van der Waals surface area contributed by atoms with Gasteiger partial charge in [-0.1, -0.05) is 24.3 Å². The van der Waals surface area contributed by atoms with Crippen molar-refractivity contribution in [3.05, 3.63) is 72.3 Å². The molecule has 1 saturated heterocycles. The minimum Gasteiger partial charge on any atom is -0.342 e. The van der Waals surface area contributed by atoms with Gasteiger partial charge in [-0.3, -0.25) is 9.89 Å². The average Bonchev–Trinajstić information content (AvgIpc) is 3.43. The van der Waals surface area contributed by atoms with Crippen LogP contribution in [0.15, 0.2) is 60.9 Å². The van der Waals surface area contributed by atoms with Gasteiger partial charge in [0, 0.05) is 36.3 Å². The van der Waals surface area contributed by atoms with Crippen LogP contribution in [0.5, 0.6) is 0 Å². The summed E-state index contributed by atoms with van der Waals surface area (Å²) in [4.78, 5) is 23.3. The van der Waals surface area contributed by atoms with E-state index in [1.165, 1.54) is 0 Å². The number of benzene rings is 2. The maximum Gasteiger partial charge on any atom is 0.253 e. The largest absolute Gasteiger partial charge is 0.342 e. The van der Waals surface area contributed by atoms with Crippen molar-refractivity contribution >= 4 is 16.9 Å². The number of rotatable bonds is 3. The second-order valence-electron chi connectivity index (χ2n) is 7.30. The third-order valence-electron chi connectivity index (χ3n) is 5.44. The highest BCUT2D eigenvalue weighted by Crippen LogP contribution is 2.28. The van der Waals surface area contributed by atoms with Crippen LogP contribution < -0.4 is 0 Å². The number of para-hydroxylation sites is 2. The Hall–Kier alpha value is -3.41. The van der Waals surface area contributed by atoms with Gasteiger partial charge in [-0.05, 0) is 42.7 Å². The Morgan fingerprint density at radius 3 is 2.89 bits per heavy atom. The highest BCUT2D eigenvalue weighted by atomic mass is 16.2. The summed E-state index contributed by atoms with van der Waals surface area (Å²) in [6.07, 6.45) is 5.62. The highest BCUT2D eigenvalue weighted by Gasteiger charge is 2.27. The van der Waals surface area contributed by atoms with Crippen molar-refractivity contribution < 1.29 is 4.79 Å². The van der Waals surface area contributed by atoms with E-state index in [9.17, 15) is 4.79 Å². The number of piperidine rings is 1. The van der Waals surface area contributed by atoms with Crippen LogP contribution >= 0.6 is 0 Å². The standard InChI is InChI=1S/C22H21N5O/c28-22(16-6-3-5-15(11-16)18-12-23-24-13-18)27-10-4-7-17(14-27)21-25-19-8-1-2-9-20(19)26-21/h1-3,5-6,8-9,11-13,17H,4,7,10,14H2,(H,23,24)(H,25,26). The number of imidazole rings is 1. The molecule has 1 unspecified atom stereocenters. The van der Waals surface area contributed by atoms with Gasteiger partial charge in [0.15, 0.2) is 0 Å². The second kappa shape index (κ2) is 6.96. The van der Waals surface area contributed by atoms with Gasteiger partial charge in [0.25, 0.3) is 5.91 Å². The van der Waals surface area contributed by atoms with E-state index in [1.54, 1.807) is 6.20 Å². The van der Waals surface area contributed by atoms with Gasteiger partial charge >= 0.3 is 0 Å². The van der Waals surface area contributed by atoms with E-state index in [4.69, 9.17) is 4.98 Å². The van der Waals surface area contributed by atoms with Crippen molar-refractivity contribution in [1.82, 2.24) is 25.1 Å². The summed E-state index contributed by atoms with van der Waals surface area (Å²) in [7, 11) is 0. The minimum atomic E-state index is 0.0751. The molecule has 0 saturated carbocycles. The first-order valence-corrected chi connectivity index (χ1v) is 9.61. The zero-order chi connectivity index (χ0) is 18.9. The number of H-pyrrole nitrogens is 2. The molecule has 2 aromatic heterocycles. The van der Waals surface area contributed by atoms with Gasteiger partial charge in [-0.15, -0.1) is 0 Å². The van der Waals surface area contributed by atoms with Crippen LogP contribution in [-0.4, -0.2) is 44.1 Å². The summed E-state index contributed by atoms with van der Waals surface area (Å²) in [5, 5.41) is 6.81. The number of nitrogens with one attached hydrogen (secondary N) is 2. The topological polar surface area (TPSA) is 77.7 Å². The fourth-order valence-corrected chi connectivity index (χ4v) is 3.97. The second-order valence-corrected chi connectivity index (χ2v) is 7.30. The lowest BCUT2D eigenvalue weighted by Crippen LogP contribution is -2.39. The van der Waals surface area contributed by atoms with E-state index < -0.39 is 0 Å². The first kappa shape index (κ1) is 16.7. The zero-order valence-corrected chi connectivity index (χ0v) is 15.4. The number of hydrogen-bond acceptors (Lipinski definition) is 3. The van der Waals surface area contributed by atoms with Crippen LogP contribution in [0, 0.1) is 0 Å². The third kappa shape index (κ3) is 3.07. The monoisotopic (exact) mass is 371 g/mol. The number of carbonyl (C=O) groups excluding carboxylic acids is 1. The van der Waals surface area contributed by atoms with Gasteiger partial charge in [-0.2, -0.15) is 5.10 Å². The molecule has 0 aliphatic carbocycles. The predicted octanol–water partition coefficient (Wildman–Crippen LogP) is 3.97. The third-order valence-corrected chi connectivity index (χ3v) is 5.44. The molecule has 4 aromatic rings. The van der Waals surface area contributed by atoms with Crippen LogP contribution in [0.2, 0.25) is 0 Å². The molecule has 1 aliphatic heterocycles. The van der Waals surface area contributed by atoms with E-state index in [2.05, 4.69) is 15.2 Å². The van der Waals surface area contributed by atoms with E-state index in [1.807, 2.05) is 59.6 Å². The summed E-state index contributed by atoms with van der Waals surface area (Å²) < 4.78 is 0. The molecule has 2 aromatic carbocycles. The van der Waals surface area contributed by atoms with E-state index in [-0.39, 0.29) is 11.8 Å². The van der Waals surface area contributed by atoms with Crippen LogP contribution in [-0.2, 0) is 0 Å². The van der Waals surface area contributed by atoms with Crippen molar-refractivity contribution in [2.75, 3.05) is 13.1 Å². The highest BCUT2D eigenvalue weighted by molar-refractivity contribution is 5.95. The van der Waals surface area contributed by atoms with Crippen molar-refractivity contribution in [2.45, 2.75) is 18.8 Å². The number of hydrogen-bond donors (Lipinski definition) is 2. The predicted molar refractivity (Wildman–Crippen MR) is 108 cm³/mol. The number of fused-ring (bicyclic) bond motifs is 1. The lowest BCUT2D eigenvalue weighted by atomic mass is 9.96.